The minimum atomic E-state index is -0.0633. The molecule has 0 bridgehead atoms. The number of thiophene rings is 1. The van der Waals surface area contributed by atoms with Gasteiger partial charge >= 0.3 is 0 Å². The van der Waals surface area contributed by atoms with Crippen molar-refractivity contribution in [3.8, 4) is 5.75 Å². The lowest BCUT2D eigenvalue weighted by molar-refractivity contribution is 0.415. The molecule has 25 heavy (non-hydrogen) atoms. The number of hydrogen-bond acceptors (Lipinski definition) is 5. The van der Waals surface area contributed by atoms with E-state index in [-0.39, 0.29) is 5.56 Å². The predicted molar refractivity (Wildman–Crippen MR) is 101 cm³/mol. The second-order valence-electron chi connectivity index (χ2n) is 6.18. The second kappa shape index (κ2) is 6.44. The third-order valence-electron chi connectivity index (χ3n) is 4.57. The highest BCUT2D eigenvalue weighted by Crippen LogP contribution is 2.33. The summed E-state index contributed by atoms with van der Waals surface area (Å²) in [6, 6.07) is 7.55. The van der Waals surface area contributed by atoms with E-state index in [1.54, 1.807) is 24.7 Å². The molecule has 0 unspecified atom stereocenters. The molecule has 0 atom stereocenters. The van der Waals surface area contributed by atoms with Crippen LogP contribution in [-0.2, 0) is 12.8 Å². The molecule has 1 aliphatic rings. The first-order valence-corrected chi connectivity index (χ1v) is 9.21. The van der Waals surface area contributed by atoms with Crippen LogP contribution in [0.3, 0.4) is 0 Å². The molecule has 0 aliphatic heterocycles. The Balaban J connectivity index is 1.78. The number of ether oxygens (including phenoxy) is 1. The van der Waals surface area contributed by atoms with Crippen LogP contribution in [-0.4, -0.2) is 23.0 Å². The molecular formula is C19H19N3O2S. The summed E-state index contributed by atoms with van der Waals surface area (Å²) in [5, 5.41) is 5.15. The Morgan fingerprint density at radius 2 is 2.00 bits per heavy atom. The van der Waals surface area contributed by atoms with Crippen molar-refractivity contribution in [2.24, 2.45) is 5.10 Å². The van der Waals surface area contributed by atoms with Crippen molar-refractivity contribution < 1.29 is 4.74 Å². The van der Waals surface area contributed by atoms with Crippen LogP contribution in [0.5, 0.6) is 5.75 Å². The monoisotopic (exact) mass is 353 g/mol. The van der Waals surface area contributed by atoms with E-state index in [9.17, 15) is 4.79 Å². The molecular weight excluding hydrogens is 334 g/mol. The molecule has 0 N–H and O–H groups in total. The molecule has 0 fully saturated rings. The third-order valence-corrected chi connectivity index (χ3v) is 5.75. The lowest BCUT2D eigenvalue weighted by Gasteiger charge is -2.10. The Kier molecular flexibility index (Phi) is 4.13. The van der Waals surface area contributed by atoms with Crippen LogP contribution in [0.15, 0.2) is 34.2 Å². The van der Waals surface area contributed by atoms with Crippen LogP contribution >= 0.6 is 11.3 Å². The number of hydrogen-bond donors (Lipinski definition) is 0. The van der Waals surface area contributed by atoms with Gasteiger partial charge in [0.2, 0.25) is 0 Å². The van der Waals surface area contributed by atoms with Gasteiger partial charge in [0.15, 0.2) is 0 Å². The lowest BCUT2D eigenvalue weighted by atomic mass is 9.97. The van der Waals surface area contributed by atoms with Crippen molar-refractivity contribution in [2.75, 3.05) is 7.11 Å². The molecule has 6 heteroatoms. The quantitative estimate of drug-likeness (QED) is 0.677. The van der Waals surface area contributed by atoms with Gasteiger partial charge in [-0.2, -0.15) is 9.78 Å². The highest BCUT2D eigenvalue weighted by molar-refractivity contribution is 7.18. The zero-order valence-electron chi connectivity index (χ0n) is 14.3. The molecule has 128 valence electrons. The SMILES string of the molecule is COc1ccc(/C=N/n2c(C)nc3sc4c(c3c2=O)CCCC4)cc1. The second-order valence-corrected chi connectivity index (χ2v) is 7.27. The van der Waals surface area contributed by atoms with Gasteiger partial charge in [0.05, 0.1) is 18.7 Å². The summed E-state index contributed by atoms with van der Waals surface area (Å²) in [4.78, 5) is 19.8. The Labute approximate surface area is 149 Å². The summed E-state index contributed by atoms with van der Waals surface area (Å²) in [6.07, 6.45) is 6.05. The minimum Gasteiger partial charge on any atom is -0.497 e. The zero-order chi connectivity index (χ0) is 17.4. The van der Waals surface area contributed by atoms with E-state index in [1.165, 1.54) is 21.5 Å². The van der Waals surface area contributed by atoms with Gasteiger partial charge in [-0.05, 0) is 68.0 Å². The van der Waals surface area contributed by atoms with Gasteiger partial charge in [0.1, 0.15) is 16.4 Å². The number of methoxy groups -OCH3 is 1. The van der Waals surface area contributed by atoms with E-state index < -0.39 is 0 Å². The van der Waals surface area contributed by atoms with E-state index in [1.807, 2.05) is 31.2 Å². The largest absolute Gasteiger partial charge is 0.497 e. The van der Waals surface area contributed by atoms with Crippen LogP contribution in [0, 0.1) is 6.92 Å². The van der Waals surface area contributed by atoms with Crippen molar-refractivity contribution in [3.05, 3.63) is 56.4 Å². The first kappa shape index (κ1) is 16.0. The number of fused-ring (bicyclic) bond motifs is 3. The zero-order valence-corrected chi connectivity index (χ0v) is 15.1. The van der Waals surface area contributed by atoms with Crippen LogP contribution in [0.4, 0.5) is 0 Å². The van der Waals surface area contributed by atoms with E-state index in [2.05, 4.69) is 10.1 Å². The summed E-state index contributed by atoms with van der Waals surface area (Å²) >= 11 is 1.67. The third kappa shape index (κ3) is 2.87. The van der Waals surface area contributed by atoms with Crippen molar-refractivity contribution >= 4 is 27.8 Å². The smallest absolute Gasteiger partial charge is 0.283 e. The average Bonchev–Trinajstić information content (AvgIpc) is 3.00. The topological polar surface area (TPSA) is 56.5 Å². The summed E-state index contributed by atoms with van der Waals surface area (Å²) in [6.45, 7) is 1.82. The van der Waals surface area contributed by atoms with Gasteiger partial charge < -0.3 is 4.74 Å². The first-order chi connectivity index (χ1) is 12.2. The molecule has 1 aliphatic carbocycles. The molecule has 0 saturated heterocycles. The lowest BCUT2D eigenvalue weighted by Crippen LogP contribution is -2.21. The normalized spacial score (nSPS) is 14.2. The van der Waals surface area contributed by atoms with Gasteiger partial charge in [0, 0.05) is 4.88 Å². The number of benzene rings is 1. The molecule has 1 aromatic carbocycles. The molecule has 4 rings (SSSR count). The fourth-order valence-corrected chi connectivity index (χ4v) is 4.55. The van der Waals surface area contributed by atoms with E-state index >= 15 is 0 Å². The maximum Gasteiger partial charge on any atom is 0.283 e. The molecule has 0 radical (unpaired) electrons. The van der Waals surface area contributed by atoms with Gasteiger partial charge in [-0.15, -0.1) is 11.3 Å². The van der Waals surface area contributed by atoms with Crippen LogP contribution in [0.1, 0.15) is 34.7 Å². The van der Waals surface area contributed by atoms with Gasteiger partial charge in [-0.25, -0.2) is 4.98 Å². The maximum absolute atomic E-state index is 13.0. The number of rotatable bonds is 3. The summed E-state index contributed by atoms with van der Waals surface area (Å²) in [7, 11) is 1.63. The number of nitrogens with zero attached hydrogens (tertiary/aromatic N) is 3. The van der Waals surface area contributed by atoms with Crippen LogP contribution < -0.4 is 10.3 Å². The maximum atomic E-state index is 13.0. The number of aryl methyl sites for hydroxylation is 3. The van der Waals surface area contributed by atoms with E-state index in [0.717, 1.165) is 40.8 Å². The van der Waals surface area contributed by atoms with Crippen molar-refractivity contribution in [1.29, 1.82) is 0 Å². The van der Waals surface area contributed by atoms with Gasteiger partial charge in [0.25, 0.3) is 5.56 Å². The van der Waals surface area contributed by atoms with Crippen molar-refractivity contribution in [2.45, 2.75) is 32.6 Å². The van der Waals surface area contributed by atoms with E-state index in [0.29, 0.717) is 5.82 Å². The fourth-order valence-electron chi connectivity index (χ4n) is 3.25. The molecule has 2 aromatic heterocycles. The molecule has 0 amide bonds. The van der Waals surface area contributed by atoms with E-state index in [4.69, 9.17) is 4.74 Å². The van der Waals surface area contributed by atoms with Crippen LogP contribution in [0.25, 0.3) is 10.2 Å². The molecule has 2 heterocycles. The molecule has 0 saturated carbocycles. The molecule has 0 spiro atoms. The summed E-state index contributed by atoms with van der Waals surface area (Å²) < 4.78 is 6.56. The summed E-state index contributed by atoms with van der Waals surface area (Å²) in [5.74, 6) is 1.40. The number of aromatic nitrogens is 2. The fraction of sp³-hybridized carbons (Fsp3) is 0.316. The average molecular weight is 353 g/mol. The minimum absolute atomic E-state index is 0.0633. The molecule has 3 aromatic rings. The van der Waals surface area contributed by atoms with Gasteiger partial charge in [-0.1, -0.05) is 0 Å². The Hall–Kier alpha value is -2.47. The Morgan fingerprint density at radius 3 is 2.76 bits per heavy atom. The van der Waals surface area contributed by atoms with Gasteiger partial charge in [-0.3, -0.25) is 4.79 Å². The van der Waals surface area contributed by atoms with Crippen molar-refractivity contribution in [1.82, 2.24) is 9.66 Å². The highest BCUT2D eigenvalue weighted by Gasteiger charge is 2.20. The van der Waals surface area contributed by atoms with Crippen molar-refractivity contribution in [3.63, 3.8) is 0 Å². The Morgan fingerprint density at radius 1 is 1.24 bits per heavy atom. The van der Waals surface area contributed by atoms with Crippen LogP contribution in [0.2, 0.25) is 0 Å². The molecule has 5 nitrogen and oxygen atoms in total. The standard InChI is InChI=1S/C19H19N3O2S/c1-12-21-18-17(15-5-3-4-6-16(15)25-18)19(23)22(12)20-11-13-7-9-14(24-2)10-8-13/h7-11H,3-6H2,1-2H3/b20-11+. The summed E-state index contributed by atoms with van der Waals surface area (Å²) in [5.41, 5.74) is 2.03. The highest BCUT2D eigenvalue weighted by atomic mass is 32.1. The predicted octanol–water partition coefficient (Wildman–Crippen LogP) is 3.54. The first-order valence-electron chi connectivity index (χ1n) is 8.39. The Bertz CT molecular complexity index is 1020.